The summed E-state index contributed by atoms with van der Waals surface area (Å²) < 4.78 is -2.31. The number of hydrogen-bond donors (Lipinski definition) is 1. The first kappa shape index (κ1) is 15.4. The first-order valence-corrected chi connectivity index (χ1v) is 5.57. The molecule has 0 aliphatic rings. The van der Waals surface area contributed by atoms with E-state index in [1.54, 1.807) is 0 Å². The van der Waals surface area contributed by atoms with Crippen molar-refractivity contribution in [3.8, 4) is 0 Å². The smallest absolute Gasteiger partial charge is 0.299 e. The third kappa shape index (κ3) is 3.91. The highest BCUT2D eigenvalue weighted by Crippen LogP contribution is 2.32. The number of non-ortho nitro benzene ring substituents is 1. The van der Waals surface area contributed by atoms with Gasteiger partial charge in [-0.1, -0.05) is 34.8 Å². The molecule has 0 aliphatic carbocycles. The van der Waals surface area contributed by atoms with Crippen LogP contribution in [-0.4, -0.2) is 19.5 Å². The van der Waals surface area contributed by atoms with Gasteiger partial charge in [-0.25, -0.2) is 0 Å². The molecule has 0 aliphatic heterocycles. The van der Waals surface area contributed by atoms with Crippen LogP contribution in [0.25, 0.3) is 0 Å². The molecule has 0 unspecified atom stereocenters. The van der Waals surface area contributed by atoms with Crippen molar-refractivity contribution >= 4 is 57.8 Å². The summed E-state index contributed by atoms with van der Waals surface area (Å²) in [5.74, 6) is -1.12. The fraction of sp³-hybridized carbons (Fsp3) is 0.125. The lowest BCUT2D eigenvalue weighted by atomic mass is 10.2. The van der Waals surface area contributed by atoms with E-state index in [2.05, 4.69) is 0 Å². The van der Waals surface area contributed by atoms with Crippen molar-refractivity contribution in [2.45, 2.75) is 3.79 Å². The normalized spacial score (nSPS) is 10.9. The molecule has 0 bridgehead atoms. The van der Waals surface area contributed by atoms with E-state index in [1.807, 2.05) is 5.32 Å². The number of halogens is 3. The van der Waals surface area contributed by atoms with E-state index in [0.717, 1.165) is 12.1 Å². The minimum atomic E-state index is -2.31. The number of anilines is 1. The van der Waals surface area contributed by atoms with Gasteiger partial charge in [0, 0.05) is 6.07 Å². The second kappa shape index (κ2) is 5.55. The van der Waals surface area contributed by atoms with Gasteiger partial charge in [-0.15, -0.1) is 0 Å². The Morgan fingerprint density at radius 3 is 2.16 bits per heavy atom. The average Bonchev–Trinajstić information content (AvgIpc) is 2.27. The second-order valence-corrected chi connectivity index (χ2v) is 5.45. The van der Waals surface area contributed by atoms with Crippen LogP contribution >= 0.6 is 34.8 Å². The molecule has 102 valence electrons. The van der Waals surface area contributed by atoms with Crippen molar-refractivity contribution in [1.29, 1.82) is 0 Å². The number of benzene rings is 1. The molecule has 1 aromatic carbocycles. The van der Waals surface area contributed by atoms with Gasteiger partial charge in [-0.05, 0) is 6.07 Å². The van der Waals surface area contributed by atoms with Gasteiger partial charge >= 0.3 is 0 Å². The Bertz CT molecular complexity index is 557. The third-order valence-electron chi connectivity index (χ3n) is 1.89. The first-order chi connectivity index (χ1) is 8.62. The van der Waals surface area contributed by atoms with Crippen molar-refractivity contribution in [1.82, 2.24) is 0 Å². The SMILES string of the molecule is O=C(Nc1ccc([N+](=O)[O-])cc1[N+](=O)[O-])C(Cl)(Cl)Cl. The van der Waals surface area contributed by atoms with Gasteiger partial charge in [-0.2, -0.15) is 0 Å². The predicted octanol–water partition coefficient (Wildman–Crippen LogP) is 2.81. The standard InChI is InChI=1S/C8H4Cl3N3O5/c9-8(10,11)7(15)12-5-2-1-4(13(16)17)3-6(5)14(18)19/h1-3H,(H,12,15). The minimum Gasteiger partial charge on any atom is -0.317 e. The van der Waals surface area contributed by atoms with Gasteiger partial charge < -0.3 is 5.32 Å². The Morgan fingerprint density at radius 1 is 1.16 bits per heavy atom. The maximum atomic E-state index is 11.4. The molecule has 1 rings (SSSR count). The Morgan fingerprint density at radius 2 is 1.74 bits per heavy atom. The zero-order valence-electron chi connectivity index (χ0n) is 8.80. The number of nitro benzene ring substituents is 2. The van der Waals surface area contributed by atoms with Gasteiger partial charge in [0.1, 0.15) is 5.69 Å². The highest BCUT2D eigenvalue weighted by Gasteiger charge is 2.32. The van der Waals surface area contributed by atoms with E-state index in [-0.39, 0.29) is 5.69 Å². The summed E-state index contributed by atoms with van der Waals surface area (Å²) in [6.45, 7) is 0. The van der Waals surface area contributed by atoms with E-state index >= 15 is 0 Å². The lowest BCUT2D eigenvalue weighted by molar-refractivity contribution is -0.393. The summed E-state index contributed by atoms with van der Waals surface area (Å²) in [5.41, 5.74) is -1.50. The quantitative estimate of drug-likeness (QED) is 0.520. The molecule has 0 atom stereocenters. The van der Waals surface area contributed by atoms with Crippen LogP contribution in [0.5, 0.6) is 0 Å². The number of nitrogens with zero attached hydrogens (tertiary/aromatic N) is 2. The molecule has 0 heterocycles. The molecule has 0 saturated heterocycles. The van der Waals surface area contributed by atoms with Crippen molar-refractivity contribution in [3.05, 3.63) is 38.4 Å². The molecular formula is C8H4Cl3N3O5. The average molecular weight is 328 g/mol. The van der Waals surface area contributed by atoms with Crippen LogP contribution in [0.1, 0.15) is 0 Å². The van der Waals surface area contributed by atoms with E-state index in [1.165, 1.54) is 0 Å². The predicted molar refractivity (Wildman–Crippen MR) is 68.7 cm³/mol. The number of amides is 1. The number of alkyl halides is 3. The molecule has 19 heavy (non-hydrogen) atoms. The topological polar surface area (TPSA) is 115 Å². The van der Waals surface area contributed by atoms with Crippen LogP contribution in [0.3, 0.4) is 0 Å². The van der Waals surface area contributed by atoms with Gasteiger partial charge in [0.15, 0.2) is 0 Å². The number of carbonyl (C=O) groups excluding carboxylic acids is 1. The lowest BCUT2D eigenvalue weighted by Gasteiger charge is -2.11. The highest BCUT2D eigenvalue weighted by atomic mass is 35.6. The minimum absolute atomic E-state index is 0.313. The Balaban J connectivity index is 3.18. The molecule has 0 radical (unpaired) electrons. The number of rotatable bonds is 3. The molecule has 0 spiro atoms. The van der Waals surface area contributed by atoms with Gasteiger partial charge in [-0.3, -0.25) is 25.0 Å². The fourth-order valence-electron chi connectivity index (χ4n) is 1.08. The number of nitrogens with one attached hydrogen (secondary N) is 1. The van der Waals surface area contributed by atoms with E-state index in [4.69, 9.17) is 34.8 Å². The van der Waals surface area contributed by atoms with Gasteiger partial charge in [0.2, 0.25) is 0 Å². The van der Waals surface area contributed by atoms with Crippen LogP contribution < -0.4 is 5.32 Å². The summed E-state index contributed by atoms with van der Waals surface area (Å²) in [6.07, 6.45) is 0. The van der Waals surface area contributed by atoms with Crippen molar-refractivity contribution in [3.63, 3.8) is 0 Å². The van der Waals surface area contributed by atoms with Crippen LogP contribution in [-0.2, 0) is 4.79 Å². The first-order valence-electron chi connectivity index (χ1n) is 4.44. The van der Waals surface area contributed by atoms with E-state index in [0.29, 0.717) is 6.07 Å². The molecule has 8 nitrogen and oxygen atoms in total. The van der Waals surface area contributed by atoms with Crippen molar-refractivity contribution in [2.75, 3.05) is 5.32 Å². The van der Waals surface area contributed by atoms with Crippen LogP contribution in [0.4, 0.5) is 17.1 Å². The monoisotopic (exact) mass is 327 g/mol. The fourth-order valence-corrected chi connectivity index (χ4v) is 1.23. The molecule has 1 aromatic rings. The van der Waals surface area contributed by atoms with Crippen molar-refractivity contribution in [2.24, 2.45) is 0 Å². The molecule has 0 fully saturated rings. The number of nitro groups is 2. The Labute approximate surface area is 120 Å². The maximum absolute atomic E-state index is 11.4. The maximum Gasteiger partial charge on any atom is 0.299 e. The van der Waals surface area contributed by atoms with E-state index < -0.39 is 30.9 Å². The molecule has 0 saturated carbocycles. The number of carbonyl (C=O) groups is 1. The summed E-state index contributed by atoms with van der Waals surface area (Å²) in [7, 11) is 0. The summed E-state index contributed by atoms with van der Waals surface area (Å²) in [4.78, 5) is 30.9. The Hall–Kier alpha value is -1.64. The zero-order chi connectivity index (χ0) is 14.8. The number of hydrogen-bond acceptors (Lipinski definition) is 5. The second-order valence-electron chi connectivity index (χ2n) is 3.17. The zero-order valence-corrected chi connectivity index (χ0v) is 11.1. The highest BCUT2D eigenvalue weighted by molar-refractivity contribution is 6.76. The summed E-state index contributed by atoms with van der Waals surface area (Å²) >= 11 is 15.9. The van der Waals surface area contributed by atoms with Crippen LogP contribution in [0.15, 0.2) is 18.2 Å². The molecule has 1 N–H and O–H groups in total. The van der Waals surface area contributed by atoms with Gasteiger partial charge in [0.25, 0.3) is 21.1 Å². The lowest BCUT2D eigenvalue weighted by Crippen LogP contribution is -2.27. The van der Waals surface area contributed by atoms with Crippen LogP contribution in [0.2, 0.25) is 0 Å². The molecule has 0 aromatic heterocycles. The molecular weight excluding hydrogens is 324 g/mol. The Kier molecular flexibility index (Phi) is 4.51. The van der Waals surface area contributed by atoms with Gasteiger partial charge in [0.05, 0.1) is 15.9 Å². The molecule has 11 heteroatoms. The summed E-state index contributed by atoms with van der Waals surface area (Å²) in [5, 5.41) is 23.3. The van der Waals surface area contributed by atoms with Crippen LogP contribution in [0, 0.1) is 20.2 Å². The summed E-state index contributed by atoms with van der Waals surface area (Å²) in [6, 6.07) is 2.64. The molecule has 1 amide bonds. The largest absolute Gasteiger partial charge is 0.317 e. The van der Waals surface area contributed by atoms with E-state index in [9.17, 15) is 25.0 Å². The van der Waals surface area contributed by atoms with Crippen molar-refractivity contribution < 1.29 is 14.6 Å². The third-order valence-corrected chi connectivity index (χ3v) is 2.41.